The molecule has 1 rings (SSSR count). The molecule has 4 nitrogen and oxygen atoms in total. The van der Waals surface area contributed by atoms with Gasteiger partial charge in [-0.3, -0.25) is 0 Å². The minimum absolute atomic E-state index is 0.0122. The highest BCUT2D eigenvalue weighted by Gasteiger charge is 2.21. The summed E-state index contributed by atoms with van der Waals surface area (Å²) >= 11 is 5.61. The second-order valence-electron chi connectivity index (χ2n) is 2.07. The van der Waals surface area contributed by atoms with Crippen molar-refractivity contribution in [2.24, 2.45) is 0 Å². The van der Waals surface area contributed by atoms with Crippen LogP contribution in [0.5, 0.6) is 5.88 Å². The molecule has 13 heavy (non-hydrogen) atoms. The molecule has 0 atom stereocenters. The first-order valence-corrected chi connectivity index (χ1v) is 5.78. The summed E-state index contributed by atoms with van der Waals surface area (Å²) in [5.41, 5.74) is 0. The highest BCUT2D eigenvalue weighted by Crippen LogP contribution is 2.31. The SMILES string of the molecule is COc1nccc(Cl)c1S(=O)(=O)Cl. The molecule has 0 bridgehead atoms. The molecule has 0 saturated carbocycles. The Kier molecular flexibility index (Phi) is 3.00. The standard InChI is InChI=1S/C6H5Cl2NO3S/c1-12-6-5(13(8,10)11)4(7)2-3-9-6/h2-3H,1H3. The van der Waals surface area contributed by atoms with Gasteiger partial charge >= 0.3 is 0 Å². The predicted molar refractivity (Wildman–Crippen MR) is 48.8 cm³/mol. The summed E-state index contributed by atoms with van der Waals surface area (Å²) in [6, 6.07) is 1.32. The first kappa shape index (κ1) is 10.6. The number of ether oxygens (including phenoxy) is 1. The van der Waals surface area contributed by atoms with Crippen LogP contribution in [-0.4, -0.2) is 20.5 Å². The summed E-state index contributed by atoms with van der Waals surface area (Å²) in [7, 11) is 2.47. The first-order valence-electron chi connectivity index (χ1n) is 3.10. The van der Waals surface area contributed by atoms with E-state index < -0.39 is 9.05 Å². The fourth-order valence-corrected chi connectivity index (χ4v) is 2.43. The van der Waals surface area contributed by atoms with Crippen LogP contribution >= 0.6 is 22.3 Å². The van der Waals surface area contributed by atoms with Gasteiger partial charge in [0.25, 0.3) is 9.05 Å². The zero-order valence-electron chi connectivity index (χ0n) is 6.49. The molecule has 0 unspecified atom stereocenters. The maximum Gasteiger partial charge on any atom is 0.268 e. The lowest BCUT2D eigenvalue weighted by Gasteiger charge is -2.04. The Morgan fingerprint density at radius 3 is 2.54 bits per heavy atom. The molecule has 1 aromatic heterocycles. The van der Waals surface area contributed by atoms with Gasteiger partial charge in [0.1, 0.15) is 0 Å². The summed E-state index contributed by atoms with van der Waals surface area (Å²) in [4.78, 5) is 3.35. The third kappa shape index (κ3) is 2.24. The number of methoxy groups -OCH3 is 1. The van der Waals surface area contributed by atoms with E-state index in [-0.39, 0.29) is 15.8 Å². The van der Waals surface area contributed by atoms with Crippen LogP contribution < -0.4 is 4.74 Å². The van der Waals surface area contributed by atoms with E-state index in [1.807, 2.05) is 0 Å². The molecule has 0 radical (unpaired) electrons. The lowest BCUT2D eigenvalue weighted by molar-refractivity contribution is 0.385. The third-order valence-corrected chi connectivity index (χ3v) is 3.03. The van der Waals surface area contributed by atoms with Crippen LogP contribution in [0.1, 0.15) is 0 Å². The number of rotatable bonds is 2. The molecule has 0 spiro atoms. The number of nitrogens with zero attached hydrogens (tertiary/aromatic N) is 1. The summed E-state index contributed by atoms with van der Waals surface area (Å²) in [6.07, 6.45) is 1.33. The highest BCUT2D eigenvalue weighted by atomic mass is 35.7. The fraction of sp³-hybridized carbons (Fsp3) is 0.167. The second kappa shape index (κ2) is 3.69. The molecule has 0 aliphatic rings. The lowest BCUT2D eigenvalue weighted by Crippen LogP contribution is -1.99. The smallest absolute Gasteiger partial charge is 0.268 e. The van der Waals surface area contributed by atoms with Gasteiger partial charge in [-0.1, -0.05) is 11.6 Å². The van der Waals surface area contributed by atoms with Gasteiger partial charge in [0.2, 0.25) is 5.88 Å². The highest BCUT2D eigenvalue weighted by molar-refractivity contribution is 8.13. The van der Waals surface area contributed by atoms with E-state index in [0.29, 0.717) is 0 Å². The minimum atomic E-state index is -3.92. The number of hydrogen-bond acceptors (Lipinski definition) is 4. The van der Waals surface area contributed by atoms with Gasteiger partial charge in [-0.15, -0.1) is 0 Å². The Morgan fingerprint density at radius 1 is 1.54 bits per heavy atom. The maximum absolute atomic E-state index is 11.0. The molecular weight excluding hydrogens is 237 g/mol. The summed E-state index contributed by atoms with van der Waals surface area (Å²) in [6.45, 7) is 0. The van der Waals surface area contributed by atoms with Crippen molar-refractivity contribution < 1.29 is 13.2 Å². The van der Waals surface area contributed by atoms with E-state index in [1.165, 1.54) is 19.4 Å². The Balaban J connectivity index is 3.50. The molecule has 0 aromatic carbocycles. The maximum atomic E-state index is 11.0. The monoisotopic (exact) mass is 241 g/mol. The van der Waals surface area contributed by atoms with Gasteiger partial charge in [-0.05, 0) is 6.07 Å². The van der Waals surface area contributed by atoms with Gasteiger partial charge in [0.15, 0.2) is 4.90 Å². The third-order valence-electron chi connectivity index (χ3n) is 1.26. The normalized spacial score (nSPS) is 11.3. The van der Waals surface area contributed by atoms with E-state index in [0.717, 1.165) is 0 Å². The summed E-state index contributed by atoms with van der Waals surface area (Å²) < 4.78 is 26.7. The molecule has 1 aromatic rings. The van der Waals surface area contributed by atoms with Crippen molar-refractivity contribution in [1.82, 2.24) is 4.98 Å². The van der Waals surface area contributed by atoms with E-state index in [2.05, 4.69) is 4.98 Å². The average molecular weight is 242 g/mol. The van der Waals surface area contributed by atoms with Gasteiger partial charge in [-0.2, -0.15) is 0 Å². The van der Waals surface area contributed by atoms with Crippen molar-refractivity contribution in [1.29, 1.82) is 0 Å². The molecule has 0 fully saturated rings. The van der Waals surface area contributed by atoms with Crippen LogP contribution in [0.25, 0.3) is 0 Å². The molecule has 7 heteroatoms. The minimum Gasteiger partial charge on any atom is -0.480 e. The Labute approximate surface area is 84.9 Å². The van der Waals surface area contributed by atoms with Crippen molar-refractivity contribution in [3.05, 3.63) is 17.3 Å². The number of aromatic nitrogens is 1. The van der Waals surface area contributed by atoms with Crippen LogP contribution in [0.3, 0.4) is 0 Å². The molecule has 0 amide bonds. The largest absolute Gasteiger partial charge is 0.480 e. The van der Waals surface area contributed by atoms with E-state index in [4.69, 9.17) is 27.0 Å². The quantitative estimate of drug-likeness (QED) is 0.740. The van der Waals surface area contributed by atoms with Gasteiger partial charge in [0, 0.05) is 16.9 Å². The zero-order chi connectivity index (χ0) is 10.1. The average Bonchev–Trinajstić information content (AvgIpc) is 2.01. The van der Waals surface area contributed by atoms with Crippen molar-refractivity contribution in [2.75, 3.05) is 7.11 Å². The molecule has 72 valence electrons. The van der Waals surface area contributed by atoms with Crippen LogP contribution in [0.4, 0.5) is 0 Å². The number of pyridine rings is 1. The van der Waals surface area contributed by atoms with Crippen molar-refractivity contribution in [2.45, 2.75) is 4.90 Å². The molecule has 0 aliphatic carbocycles. The van der Waals surface area contributed by atoms with Crippen LogP contribution in [0, 0.1) is 0 Å². The van der Waals surface area contributed by atoms with Gasteiger partial charge in [-0.25, -0.2) is 13.4 Å². The molecule has 0 N–H and O–H groups in total. The van der Waals surface area contributed by atoms with Gasteiger partial charge in [0.05, 0.1) is 12.1 Å². The molecular formula is C6H5Cl2NO3S. The zero-order valence-corrected chi connectivity index (χ0v) is 8.82. The van der Waals surface area contributed by atoms with Crippen LogP contribution in [0.15, 0.2) is 17.2 Å². The van der Waals surface area contributed by atoms with Gasteiger partial charge < -0.3 is 4.74 Å². The second-order valence-corrected chi connectivity index (χ2v) is 4.98. The summed E-state index contributed by atoms with van der Waals surface area (Å²) in [5, 5.41) is -0.0122. The lowest BCUT2D eigenvalue weighted by atomic mass is 10.5. The van der Waals surface area contributed by atoms with Crippen molar-refractivity contribution in [3.63, 3.8) is 0 Å². The molecule has 1 heterocycles. The Morgan fingerprint density at radius 2 is 2.15 bits per heavy atom. The Bertz CT molecular complexity index is 418. The topological polar surface area (TPSA) is 56.3 Å². The van der Waals surface area contributed by atoms with Crippen molar-refractivity contribution >= 4 is 31.3 Å². The number of halogens is 2. The van der Waals surface area contributed by atoms with Crippen LogP contribution in [-0.2, 0) is 9.05 Å². The van der Waals surface area contributed by atoms with Crippen molar-refractivity contribution in [3.8, 4) is 5.88 Å². The molecule has 0 saturated heterocycles. The predicted octanol–water partition coefficient (Wildman–Crippen LogP) is 1.67. The van der Waals surface area contributed by atoms with E-state index in [9.17, 15) is 8.42 Å². The summed E-state index contributed by atoms with van der Waals surface area (Å²) in [5.74, 6) is -0.109. The first-order chi connectivity index (χ1) is 5.96. The van der Waals surface area contributed by atoms with E-state index >= 15 is 0 Å². The fourth-order valence-electron chi connectivity index (χ4n) is 0.773. The Hall–Kier alpha value is -0.520. The number of hydrogen-bond donors (Lipinski definition) is 0. The molecule has 0 aliphatic heterocycles. The van der Waals surface area contributed by atoms with E-state index in [1.54, 1.807) is 0 Å². The van der Waals surface area contributed by atoms with Crippen LogP contribution in [0.2, 0.25) is 5.02 Å².